The average Bonchev–Trinajstić information content (AvgIpc) is 2.64. The average molecular weight is 341 g/mol. The minimum Gasteiger partial charge on any atom is -0.505 e. The fraction of sp³-hybridized carbons (Fsp3) is 0.316. The minimum atomic E-state index is -0.476. The van der Waals surface area contributed by atoms with Gasteiger partial charge in [0.15, 0.2) is 5.69 Å². The first-order valence-corrected chi connectivity index (χ1v) is 8.31. The number of aryl methyl sites for hydroxylation is 1. The SMILES string of the molecule is CCc1ccc([C@@H](C)C(=O)NCCNC(=O)c2ncccc2O)cc1. The van der Waals surface area contributed by atoms with Crippen LogP contribution >= 0.6 is 0 Å². The monoisotopic (exact) mass is 341 g/mol. The number of aromatic nitrogens is 1. The Kier molecular flexibility index (Phi) is 6.51. The van der Waals surface area contributed by atoms with E-state index in [1.54, 1.807) is 6.07 Å². The number of rotatable bonds is 7. The second-order valence-corrected chi connectivity index (χ2v) is 5.73. The van der Waals surface area contributed by atoms with Crippen molar-refractivity contribution in [3.8, 4) is 5.75 Å². The third kappa shape index (κ3) is 5.04. The molecule has 25 heavy (non-hydrogen) atoms. The van der Waals surface area contributed by atoms with Crippen LogP contribution in [0, 0.1) is 0 Å². The molecule has 0 aliphatic heterocycles. The number of hydrogen-bond donors (Lipinski definition) is 3. The summed E-state index contributed by atoms with van der Waals surface area (Å²) in [4.78, 5) is 27.9. The van der Waals surface area contributed by atoms with E-state index in [1.165, 1.54) is 17.8 Å². The van der Waals surface area contributed by atoms with Crippen molar-refractivity contribution in [3.63, 3.8) is 0 Å². The van der Waals surface area contributed by atoms with E-state index >= 15 is 0 Å². The largest absolute Gasteiger partial charge is 0.505 e. The fourth-order valence-electron chi connectivity index (χ4n) is 2.36. The molecule has 1 aromatic carbocycles. The molecule has 6 heteroatoms. The molecule has 6 nitrogen and oxygen atoms in total. The van der Waals surface area contributed by atoms with Crippen molar-refractivity contribution in [2.24, 2.45) is 0 Å². The van der Waals surface area contributed by atoms with Crippen molar-refractivity contribution >= 4 is 11.8 Å². The van der Waals surface area contributed by atoms with Crippen LogP contribution in [-0.2, 0) is 11.2 Å². The van der Waals surface area contributed by atoms with E-state index in [-0.39, 0.29) is 29.8 Å². The molecule has 0 fully saturated rings. The number of aromatic hydroxyl groups is 1. The summed E-state index contributed by atoms with van der Waals surface area (Å²) in [7, 11) is 0. The Morgan fingerprint density at radius 1 is 1.12 bits per heavy atom. The minimum absolute atomic E-state index is 0.0294. The van der Waals surface area contributed by atoms with Gasteiger partial charge in [-0.2, -0.15) is 0 Å². The van der Waals surface area contributed by atoms with E-state index in [9.17, 15) is 14.7 Å². The topological polar surface area (TPSA) is 91.3 Å². The Morgan fingerprint density at radius 2 is 1.80 bits per heavy atom. The Morgan fingerprint density at radius 3 is 2.44 bits per heavy atom. The van der Waals surface area contributed by atoms with Gasteiger partial charge < -0.3 is 15.7 Å². The Labute approximate surface area is 147 Å². The molecular weight excluding hydrogens is 318 g/mol. The van der Waals surface area contributed by atoms with Crippen LogP contribution in [0.1, 0.15) is 41.4 Å². The lowest BCUT2D eigenvalue weighted by molar-refractivity contribution is -0.122. The van der Waals surface area contributed by atoms with Crippen molar-refractivity contribution in [2.75, 3.05) is 13.1 Å². The number of amides is 2. The quantitative estimate of drug-likeness (QED) is 0.672. The third-order valence-corrected chi connectivity index (χ3v) is 3.99. The number of pyridine rings is 1. The van der Waals surface area contributed by atoms with E-state index in [4.69, 9.17) is 0 Å². The molecule has 0 saturated heterocycles. The van der Waals surface area contributed by atoms with E-state index in [2.05, 4.69) is 22.5 Å². The molecule has 132 valence electrons. The molecule has 0 saturated carbocycles. The first-order valence-electron chi connectivity index (χ1n) is 8.31. The molecular formula is C19H23N3O3. The number of hydrogen-bond acceptors (Lipinski definition) is 4. The zero-order valence-corrected chi connectivity index (χ0v) is 14.5. The van der Waals surface area contributed by atoms with Gasteiger partial charge in [0.2, 0.25) is 5.91 Å². The Bertz CT molecular complexity index is 729. The summed E-state index contributed by atoms with van der Waals surface area (Å²) in [5.41, 5.74) is 2.16. The highest BCUT2D eigenvalue weighted by Crippen LogP contribution is 2.16. The van der Waals surface area contributed by atoms with Crippen LogP contribution in [0.25, 0.3) is 0 Å². The normalized spacial score (nSPS) is 11.6. The lowest BCUT2D eigenvalue weighted by Gasteiger charge is -2.13. The molecule has 0 bridgehead atoms. The van der Waals surface area contributed by atoms with Crippen LogP contribution in [0.3, 0.4) is 0 Å². The highest BCUT2D eigenvalue weighted by Gasteiger charge is 2.15. The number of carbonyl (C=O) groups is 2. The van der Waals surface area contributed by atoms with Crippen molar-refractivity contribution in [3.05, 3.63) is 59.4 Å². The zero-order valence-electron chi connectivity index (χ0n) is 14.5. The smallest absolute Gasteiger partial charge is 0.273 e. The molecule has 2 rings (SSSR count). The summed E-state index contributed by atoms with van der Waals surface area (Å²) in [6.07, 6.45) is 2.40. The summed E-state index contributed by atoms with van der Waals surface area (Å²) in [6.45, 7) is 4.49. The van der Waals surface area contributed by atoms with Gasteiger partial charge in [-0.1, -0.05) is 31.2 Å². The number of nitrogens with zero attached hydrogens (tertiary/aromatic N) is 1. The summed E-state index contributed by atoms with van der Waals surface area (Å²) in [6, 6.07) is 10.9. The van der Waals surface area contributed by atoms with E-state index in [1.807, 2.05) is 31.2 Å². The standard InChI is InChI=1S/C19H23N3O3/c1-3-14-6-8-15(9-7-14)13(2)18(24)21-11-12-22-19(25)17-16(23)5-4-10-20-17/h4-10,13,23H,3,11-12H2,1-2H3,(H,21,24)(H,22,25)/t13-/m1/s1. The van der Waals surface area contributed by atoms with E-state index in [0.717, 1.165) is 12.0 Å². The van der Waals surface area contributed by atoms with Gasteiger partial charge in [0.1, 0.15) is 5.75 Å². The Hall–Kier alpha value is -2.89. The predicted octanol–water partition coefficient (Wildman–Crippen LogP) is 2.00. The van der Waals surface area contributed by atoms with Crippen LogP contribution in [-0.4, -0.2) is 35.0 Å². The highest BCUT2D eigenvalue weighted by molar-refractivity contribution is 5.94. The van der Waals surface area contributed by atoms with Gasteiger partial charge in [0.05, 0.1) is 5.92 Å². The maximum atomic E-state index is 12.2. The Balaban J connectivity index is 1.78. The van der Waals surface area contributed by atoms with Crippen molar-refractivity contribution in [1.29, 1.82) is 0 Å². The predicted molar refractivity (Wildman–Crippen MR) is 95.5 cm³/mol. The first-order chi connectivity index (χ1) is 12.0. The number of benzene rings is 1. The molecule has 1 atom stereocenters. The number of nitrogens with one attached hydrogen (secondary N) is 2. The molecule has 0 spiro atoms. The molecule has 3 N–H and O–H groups in total. The lowest BCUT2D eigenvalue weighted by atomic mass is 9.98. The van der Waals surface area contributed by atoms with Gasteiger partial charge in [-0.15, -0.1) is 0 Å². The highest BCUT2D eigenvalue weighted by atomic mass is 16.3. The molecule has 1 heterocycles. The maximum absolute atomic E-state index is 12.2. The van der Waals surface area contributed by atoms with Gasteiger partial charge in [-0.25, -0.2) is 4.98 Å². The molecule has 0 radical (unpaired) electrons. The molecule has 0 aliphatic rings. The van der Waals surface area contributed by atoms with Gasteiger partial charge in [0, 0.05) is 19.3 Å². The van der Waals surface area contributed by atoms with Gasteiger partial charge >= 0.3 is 0 Å². The van der Waals surface area contributed by atoms with Crippen LogP contribution in [0.15, 0.2) is 42.6 Å². The molecule has 0 unspecified atom stereocenters. The molecule has 0 aliphatic carbocycles. The van der Waals surface area contributed by atoms with Crippen LogP contribution in [0.4, 0.5) is 0 Å². The van der Waals surface area contributed by atoms with Crippen LogP contribution in [0.2, 0.25) is 0 Å². The van der Waals surface area contributed by atoms with E-state index in [0.29, 0.717) is 6.54 Å². The first kappa shape index (κ1) is 18.4. The molecule has 2 amide bonds. The second-order valence-electron chi connectivity index (χ2n) is 5.73. The van der Waals surface area contributed by atoms with Gasteiger partial charge in [0.25, 0.3) is 5.91 Å². The second kappa shape index (κ2) is 8.82. The van der Waals surface area contributed by atoms with E-state index < -0.39 is 5.91 Å². The van der Waals surface area contributed by atoms with Crippen LogP contribution < -0.4 is 10.6 Å². The lowest BCUT2D eigenvalue weighted by Crippen LogP contribution is -2.36. The maximum Gasteiger partial charge on any atom is 0.273 e. The number of carbonyl (C=O) groups excluding carboxylic acids is 2. The molecule has 2 aromatic rings. The van der Waals surface area contributed by atoms with Crippen LogP contribution in [0.5, 0.6) is 5.75 Å². The summed E-state index contributed by atoms with van der Waals surface area (Å²) >= 11 is 0. The summed E-state index contributed by atoms with van der Waals surface area (Å²) in [5, 5.41) is 15.0. The van der Waals surface area contributed by atoms with Crippen molar-refractivity contribution in [2.45, 2.75) is 26.2 Å². The van der Waals surface area contributed by atoms with Gasteiger partial charge in [-0.3, -0.25) is 9.59 Å². The fourth-order valence-corrected chi connectivity index (χ4v) is 2.36. The van der Waals surface area contributed by atoms with Gasteiger partial charge in [-0.05, 0) is 36.6 Å². The zero-order chi connectivity index (χ0) is 18.2. The molecule has 1 aromatic heterocycles. The summed E-state index contributed by atoms with van der Waals surface area (Å²) in [5.74, 6) is -1.01. The third-order valence-electron chi connectivity index (χ3n) is 3.99. The van der Waals surface area contributed by atoms with Crippen molar-refractivity contribution in [1.82, 2.24) is 15.6 Å². The van der Waals surface area contributed by atoms with Crippen molar-refractivity contribution < 1.29 is 14.7 Å². The summed E-state index contributed by atoms with van der Waals surface area (Å²) < 4.78 is 0.